The van der Waals surface area contributed by atoms with Crippen molar-refractivity contribution in [3.8, 4) is 0 Å². The summed E-state index contributed by atoms with van der Waals surface area (Å²) in [5, 5.41) is 6.66. The Morgan fingerprint density at radius 2 is 2.29 bits per heavy atom. The van der Waals surface area contributed by atoms with Crippen molar-refractivity contribution in [1.29, 1.82) is 0 Å². The Kier molecular flexibility index (Phi) is 4.36. The highest BCUT2D eigenvalue weighted by atomic mass is 16.5. The van der Waals surface area contributed by atoms with Gasteiger partial charge in [0, 0.05) is 38.8 Å². The zero-order valence-electron chi connectivity index (χ0n) is 10.7. The van der Waals surface area contributed by atoms with Gasteiger partial charge in [-0.05, 0) is 13.3 Å². The number of carbonyl (C=O) groups excluding carboxylic acids is 1. The minimum atomic E-state index is -0.297. The molecule has 2 heterocycles. The van der Waals surface area contributed by atoms with Crippen LogP contribution in [0.1, 0.15) is 20.3 Å². The van der Waals surface area contributed by atoms with E-state index in [9.17, 15) is 4.79 Å². The molecule has 5 nitrogen and oxygen atoms in total. The van der Waals surface area contributed by atoms with E-state index in [0.717, 1.165) is 32.6 Å². The fourth-order valence-electron chi connectivity index (χ4n) is 2.44. The average Bonchev–Trinajstić information content (AvgIpc) is 2.38. The van der Waals surface area contributed by atoms with Crippen molar-refractivity contribution < 1.29 is 9.53 Å². The SMILES string of the molecule is CC[C@H]1CN(C(=O)[C@H]2CNC[C@@H](C)O2)CCN1. The van der Waals surface area contributed by atoms with Crippen LogP contribution in [0.4, 0.5) is 0 Å². The first-order valence-corrected chi connectivity index (χ1v) is 6.59. The third-order valence-electron chi connectivity index (χ3n) is 3.49. The highest BCUT2D eigenvalue weighted by molar-refractivity contribution is 5.81. The fraction of sp³-hybridized carbons (Fsp3) is 0.917. The van der Waals surface area contributed by atoms with E-state index in [-0.39, 0.29) is 18.1 Å². The van der Waals surface area contributed by atoms with Crippen molar-refractivity contribution in [2.75, 3.05) is 32.7 Å². The Morgan fingerprint density at radius 1 is 1.47 bits per heavy atom. The number of nitrogens with one attached hydrogen (secondary N) is 2. The normalized spacial score (nSPS) is 34.7. The number of hydrogen-bond donors (Lipinski definition) is 2. The van der Waals surface area contributed by atoms with Crippen LogP contribution in [0, 0.1) is 0 Å². The van der Waals surface area contributed by atoms with Gasteiger partial charge in [0.1, 0.15) is 6.10 Å². The van der Waals surface area contributed by atoms with E-state index < -0.39 is 0 Å². The smallest absolute Gasteiger partial charge is 0.253 e. The summed E-state index contributed by atoms with van der Waals surface area (Å²) in [6.45, 7) is 8.12. The van der Waals surface area contributed by atoms with Crippen molar-refractivity contribution in [3.05, 3.63) is 0 Å². The Balaban J connectivity index is 1.89. The highest BCUT2D eigenvalue weighted by Gasteiger charge is 2.31. The number of carbonyl (C=O) groups is 1. The molecule has 1 amide bonds. The van der Waals surface area contributed by atoms with Crippen molar-refractivity contribution in [2.45, 2.75) is 38.5 Å². The summed E-state index contributed by atoms with van der Waals surface area (Å²) in [4.78, 5) is 14.2. The summed E-state index contributed by atoms with van der Waals surface area (Å²) in [7, 11) is 0. The molecule has 2 fully saturated rings. The topological polar surface area (TPSA) is 53.6 Å². The fourth-order valence-corrected chi connectivity index (χ4v) is 2.44. The van der Waals surface area contributed by atoms with Gasteiger partial charge in [-0.15, -0.1) is 0 Å². The van der Waals surface area contributed by atoms with Crippen LogP contribution >= 0.6 is 0 Å². The van der Waals surface area contributed by atoms with E-state index in [1.807, 2.05) is 11.8 Å². The second-order valence-corrected chi connectivity index (χ2v) is 4.94. The zero-order chi connectivity index (χ0) is 12.3. The van der Waals surface area contributed by atoms with Crippen molar-refractivity contribution in [1.82, 2.24) is 15.5 Å². The van der Waals surface area contributed by atoms with E-state index >= 15 is 0 Å². The minimum Gasteiger partial charge on any atom is -0.363 e. The van der Waals surface area contributed by atoms with Gasteiger partial charge in [-0.2, -0.15) is 0 Å². The Morgan fingerprint density at radius 3 is 3.00 bits per heavy atom. The Bertz CT molecular complexity index is 272. The van der Waals surface area contributed by atoms with Gasteiger partial charge >= 0.3 is 0 Å². The van der Waals surface area contributed by atoms with E-state index in [4.69, 9.17) is 4.74 Å². The molecule has 0 aromatic rings. The Hall–Kier alpha value is -0.650. The molecule has 0 saturated carbocycles. The number of rotatable bonds is 2. The lowest BCUT2D eigenvalue weighted by Gasteiger charge is -2.37. The molecule has 0 radical (unpaired) electrons. The van der Waals surface area contributed by atoms with Crippen LogP contribution in [0.15, 0.2) is 0 Å². The molecule has 2 aliphatic rings. The van der Waals surface area contributed by atoms with Crippen LogP contribution in [0.5, 0.6) is 0 Å². The number of hydrogen-bond acceptors (Lipinski definition) is 4. The monoisotopic (exact) mass is 241 g/mol. The maximum atomic E-state index is 12.3. The first kappa shape index (κ1) is 12.8. The van der Waals surface area contributed by atoms with Crippen LogP contribution in [-0.4, -0.2) is 61.8 Å². The molecule has 2 N–H and O–H groups in total. The van der Waals surface area contributed by atoms with Gasteiger partial charge in [0.15, 0.2) is 0 Å². The molecule has 5 heteroatoms. The molecule has 2 rings (SSSR count). The first-order valence-electron chi connectivity index (χ1n) is 6.59. The van der Waals surface area contributed by atoms with Crippen LogP contribution in [0.3, 0.4) is 0 Å². The summed E-state index contributed by atoms with van der Waals surface area (Å²) in [5.74, 6) is 0.143. The number of morpholine rings is 1. The Labute approximate surface area is 103 Å². The predicted molar refractivity (Wildman–Crippen MR) is 65.9 cm³/mol. The molecule has 0 aromatic heterocycles. The molecule has 0 bridgehead atoms. The van der Waals surface area contributed by atoms with Crippen molar-refractivity contribution in [3.63, 3.8) is 0 Å². The lowest BCUT2D eigenvalue weighted by Crippen LogP contribution is -2.58. The third kappa shape index (κ3) is 3.18. The quantitative estimate of drug-likeness (QED) is 0.689. The summed E-state index contributed by atoms with van der Waals surface area (Å²) in [6, 6.07) is 0.432. The zero-order valence-corrected chi connectivity index (χ0v) is 10.7. The van der Waals surface area contributed by atoms with E-state index in [0.29, 0.717) is 12.6 Å². The summed E-state index contributed by atoms with van der Waals surface area (Å²) < 4.78 is 5.70. The van der Waals surface area contributed by atoms with Gasteiger partial charge in [0.25, 0.3) is 5.91 Å². The molecule has 2 saturated heterocycles. The van der Waals surface area contributed by atoms with Gasteiger partial charge in [-0.25, -0.2) is 0 Å². The second-order valence-electron chi connectivity index (χ2n) is 4.94. The first-order chi connectivity index (χ1) is 8.20. The second kappa shape index (κ2) is 5.80. The predicted octanol–water partition coefficient (Wildman–Crippen LogP) is -0.426. The molecule has 0 aliphatic carbocycles. The van der Waals surface area contributed by atoms with Gasteiger partial charge in [0.2, 0.25) is 0 Å². The lowest BCUT2D eigenvalue weighted by molar-refractivity contribution is -0.150. The summed E-state index contributed by atoms with van der Waals surface area (Å²) >= 11 is 0. The van der Waals surface area contributed by atoms with Gasteiger partial charge < -0.3 is 20.3 Å². The number of ether oxygens (including phenoxy) is 1. The minimum absolute atomic E-state index is 0.127. The van der Waals surface area contributed by atoms with E-state index in [2.05, 4.69) is 17.6 Å². The largest absolute Gasteiger partial charge is 0.363 e. The van der Waals surface area contributed by atoms with Crippen LogP contribution in [-0.2, 0) is 9.53 Å². The molecule has 0 spiro atoms. The van der Waals surface area contributed by atoms with E-state index in [1.54, 1.807) is 0 Å². The van der Waals surface area contributed by atoms with Gasteiger partial charge in [0.05, 0.1) is 6.10 Å². The van der Waals surface area contributed by atoms with Crippen molar-refractivity contribution in [2.24, 2.45) is 0 Å². The van der Waals surface area contributed by atoms with Crippen LogP contribution in [0.2, 0.25) is 0 Å². The molecule has 17 heavy (non-hydrogen) atoms. The number of nitrogens with zero attached hydrogens (tertiary/aromatic N) is 1. The van der Waals surface area contributed by atoms with Crippen LogP contribution < -0.4 is 10.6 Å². The van der Waals surface area contributed by atoms with Crippen LogP contribution in [0.25, 0.3) is 0 Å². The molecule has 0 aromatic carbocycles. The number of amides is 1. The lowest BCUT2D eigenvalue weighted by atomic mass is 10.1. The maximum Gasteiger partial charge on any atom is 0.253 e. The summed E-state index contributed by atoms with van der Waals surface area (Å²) in [6.07, 6.45) is 0.890. The standard InChI is InChI=1S/C12H23N3O2/c1-3-10-8-15(5-4-14-10)12(16)11-7-13-6-9(2)17-11/h9-11,13-14H,3-8H2,1-2H3/t9-,10+,11-/m1/s1. The van der Waals surface area contributed by atoms with Gasteiger partial charge in [-0.3, -0.25) is 4.79 Å². The molecule has 3 atom stereocenters. The molecule has 98 valence electrons. The maximum absolute atomic E-state index is 12.3. The molecular weight excluding hydrogens is 218 g/mol. The number of piperazine rings is 1. The highest BCUT2D eigenvalue weighted by Crippen LogP contribution is 2.10. The molecule has 2 aliphatic heterocycles. The van der Waals surface area contributed by atoms with Crippen molar-refractivity contribution >= 4 is 5.91 Å². The average molecular weight is 241 g/mol. The third-order valence-corrected chi connectivity index (χ3v) is 3.49. The molecule has 0 unspecified atom stereocenters. The summed E-state index contributed by atoms with van der Waals surface area (Å²) in [5.41, 5.74) is 0. The molecular formula is C12H23N3O2. The van der Waals surface area contributed by atoms with Gasteiger partial charge in [-0.1, -0.05) is 6.92 Å². The van der Waals surface area contributed by atoms with E-state index in [1.165, 1.54) is 0 Å².